The number of hydrogen-bond donors (Lipinski definition) is 0. The van der Waals surface area contributed by atoms with Crippen LogP contribution in [-0.4, -0.2) is 30.5 Å². The van der Waals surface area contributed by atoms with E-state index in [1.54, 1.807) is 6.08 Å². The highest BCUT2D eigenvalue weighted by molar-refractivity contribution is 5.94. The average Bonchev–Trinajstić information content (AvgIpc) is 2.72. The molecular weight excluding hydrogens is 322 g/mol. The average molecular weight is 349 g/mol. The Bertz CT molecular complexity index is 760. The summed E-state index contributed by atoms with van der Waals surface area (Å²) < 4.78 is 5.54. The molecule has 1 aliphatic heterocycles. The van der Waals surface area contributed by atoms with Gasteiger partial charge in [0.2, 0.25) is 0 Å². The number of hydrogen-bond acceptors (Lipinski definition) is 2. The van der Waals surface area contributed by atoms with Crippen molar-refractivity contribution >= 4 is 5.91 Å². The SMILES string of the molecule is C=CCOc1cccc(C(=O)N2CCC(c3cccc(CC)c3)CC2)c1. The molecule has 1 heterocycles. The maximum absolute atomic E-state index is 12.8. The van der Waals surface area contributed by atoms with Crippen molar-refractivity contribution in [3.8, 4) is 5.75 Å². The molecular formula is C23H27NO2. The Kier molecular flexibility index (Phi) is 6.11. The van der Waals surface area contributed by atoms with Gasteiger partial charge in [-0.05, 0) is 54.5 Å². The first-order valence-electron chi connectivity index (χ1n) is 9.43. The van der Waals surface area contributed by atoms with E-state index in [1.165, 1.54) is 11.1 Å². The molecule has 2 aromatic carbocycles. The molecule has 26 heavy (non-hydrogen) atoms. The van der Waals surface area contributed by atoms with Gasteiger partial charge in [-0.2, -0.15) is 0 Å². The van der Waals surface area contributed by atoms with Crippen molar-refractivity contribution < 1.29 is 9.53 Å². The molecule has 0 spiro atoms. The zero-order valence-electron chi connectivity index (χ0n) is 15.5. The fraction of sp³-hybridized carbons (Fsp3) is 0.348. The quantitative estimate of drug-likeness (QED) is 0.699. The first-order chi connectivity index (χ1) is 12.7. The van der Waals surface area contributed by atoms with Gasteiger partial charge in [0.05, 0.1) is 0 Å². The third kappa shape index (κ3) is 4.34. The van der Waals surface area contributed by atoms with Crippen LogP contribution in [0.15, 0.2) is 61.2 Å². The van der Waals surface area contributed by atoms with Crippen molar-refractivity contribution in [3.63, 3.8) is 0 Å². The van der Waals surface area contributed by atoms with Crippen LogP contribution in [0.1, 0.15) is 47.2 Å². The number of aryl methyl sites for hydroxylation is 1. The maximum atomic E-state index is 12.8. The normalized spacial score (nSPS) is 14.9. The van der Waals surface area contributed by atoms with Crippen molar-refractivity contribution in [2.75, 3.05) is 19.7 Å². The van der Waals surface area contributed by atoms with E-state index in [1.807, 2.05) is 29.2 Å². The summed E-state index contributed by atoms with van der Waals surface area (Å²) in [5.74, 6) is 1.35. The number of rotatable bonds is 6. The minimum absolute atomic E-state index is 0.0924. The number of amides is 1. The number of piperidine rings is 1. The van der Waals surface area contributed by atoms with Crippen LogP contribution in [0, 0.1) is 0 Å². The molecule has 0 aromatic heterocycles. The fourth-order valence-corrected chi connectivity index (χ4v) is 3.54. The maximum Gasteiger partial charge on any atom is 0.253 e. The first kappa shape index (κ1) is 18.2. The summed E-state index contributed by atoms with van der Waals surface area (Å²) in [6, 6.07) is 16.3. The molecule has 0 bridgehead atoms. The van der Waals surface area contributed by atoms with Crippen LogP contribution in [0.4, 0.5) is 0 Å². The molecule has 1 fully saturated rings. The molecule has 0 atom stereocenters. The van der Waals surface area contributed by atoms with Crippen molar-refractivity contribution in [1.29, 1.82) is 0 Å². The predicted octanol–water partition coefficient (Wildman–Crippen LogP) is 4.83. The van der Waals surface area contributed by atoms with E-state index in [9.17, 15) is 4.79 Å². The molecule has 0 radical (unpaired) electrons. The summed E-state index contributed by atoms with van der Waals surface area (Å²) in [6.45, 7) is 7.89. The molecule has 0 unspecified atom stereocenters. The minimum Gasteiger partial charge on any atom is -0.490 e. The lowest BCUT2D eigenvalue weighted by atomic mass is 9.88. The second kappa shape index (κ2) is 8.70. The lowest BCUT2D eigenvalue weighted by molar-refractivity contribution is 0.0712. The van der Waals surface area contributed by atoms with Crippen LogP contribution in [0.25, 0.3) is 0 Å². The number of carbonyl (C=O) groups excluding carboxylic acids is 1. The smallest absolute Gasteiger partial charge is 0.253 e. The van der Waals surface area contributed by atoms with Gasteiger partial charge in [0.1, 0.15) is 12.4 Å². The van der Waals surface area contributed by atoms with E-state index in [-0.39, 0.29) is 5.91 Å². The van der Waals surface area contributed by atoms with Crippen LogP contribution in [0.2, 0.25) is 0 Å². The van der Waals surface area contributed by atoms with E-state index in [2.05, 4.69) is 37.8 Å². The molecule has 136 valence electrons. The second-order valence-corrected chi connectivity index (χ2v) is 6.79. The monoisotopic (exact) mass is 349 g/mol. The van der Waals surface area contributed by atoms with Crippen LogP contribution >= 0.6 is 0 Å². The standard InChI is InChI=1S/C23H27NO2/c1-3-15-26-22-10-6-9-21(17-22)23(25)24-13-11-19(12-14-24)20-8-5-7-18(4-2)16-20/h3,5-10,16-17,19H,1,4,11-15H2,2H3. The van der Waals surface area contributed by atoms with Gasteiger partial charge in [0, 0.05) is 18.7 Å². The van der Waals surface area contributed by atoms with Crippen molar-refractivity contribution in [1.82, 2.24) is 4.90 Å². The largest absolute Gasteiger partial charge is 0.490 e. The van der Waals surface area contributed by atoms with Gasteiger partial charge in [-0.15, -0.1) is 0 Å². The van der Waals surface area contributed by atoms with Gasteiger partial charge in [-0.3, -0.25) is 4.79 Å². The fourth-order valence-electron chi connectivity index (χ4n) is 3.54. The molecule has 1 amide bonds. The lowest BCUT2D eigenvalue weighted by Crippen LogP contribution is -2.37. The molecule has 1 saturated heterocycles. The zero-order valence-corrected chi connectivity index (χ0v) is 15.5. The Hall–Kier alpha value is -2.55. The van der Waals surface area contributed by atoms with Gasteiger partial charge in [0.15, 0.2) is 0 Å². The highest BCUT2D eigenvalue weighted by atomic mass is 16.5. The summed E-state index contributed by atoms with van der Waals surface area (Å²) in [7, 11) is 0. The van der Waals surface area contributed by atoms with Gasteiger partial charge in [0.25, 0.3) is 5.91 Å². The van der Waals surface area contributed by atoms with Crippen LogP contribution in [-0.2, 0) is 6.42 Å². The molecule has 1 aliphatic rings. The number of benzene rings is 2. The van der Waals surface area contributed by atoms with Gasteiger partial charge in [-0.25, -0.2) is 0 Å². The van der Waals surface area contributed by atoms with E-state index in [0.29, 0.717) is 23.8 Å². The Morgan fingerprint density at radius 3 is 2.69 bits per heavy atom. The summed E-state index contributed by atoms with van der Waals surface area (Å²) in [5, 5.41) is 0. The molecule has 3 nitrogen and oxygen atoms in total. The Labute approximate surface area is 156 Å². The summed E-state index contributed by atoms with van der Waals surface area (Å²) in [6.07, 6.45) is 4.80. The van der Waals surface area contributed by atoms with Gasteiger partial charge >= 0.3 is 0 Å². The molecule has 0 saturated carbocycles. The summed E-state index contributed by atoms with van der Waals surface area (Å²) in [5.41, 5.74) is 3.49. The topological polar surface area (TPSA) is 29.5 Å². The van der Waals surface area contributed by atoms with Crippen LogP contribution in [0.3, 0.4) is 0 Å². The number of likely N-dealkylation sites (tertiary alicyclic amines) is 1. The third-order valence-electron chi connectivity index (χ3n) is 5.06. The highest BCUT2D eigenvalue weighted by Crippen LogP contribution is 2.29. The van der Waals surface area contributed by atoms with Crippen molar-refractivity contribution in [2.45, 2.75) is 32.1 Å². The van der Waals surface area contributed by atoms with Crippen LogP contribution < -0.4 is 4.74 Å². The molecule has 3 rings (SSSR count). The first-order valence-corrected chi connectivity index (χ1v) is 9.43. The van der Waals surface area contributed by atoms with E-state index >= 15 is 0 Å². The second-order valence-electron chi connectivity index (χ2n) is 6.79. The Morgan fingerprint density at radius 2 is 1.96 bits per heavy atom. The van der Waals surface area contributed by atoms with Gasteiger partial charge in [-0.1, -0.05) is 49.9 Å². The van der Waals surface area contributed by atoms with E-state index in [4.69, 9.17) is 4.74 Å². The van der Waals surface area contributed by atoms with Crippen molar-refractivity contribution in [3.05, 3.63) is 77.9 Å². The number of nitrogens with zero attached hydrogens (tertiary/aromatic N) is 1. The number of ether oxygens (including phenoxy) is 1. The molecule has 2 aromatic rings. The Morgan fingerprint density at radius 1 is 1.19 bits per heavy atom. The molecule has 0 N–H and O–H groups in total. The summed E-state index contributed by atoms with van der Waals surface area (Å²) >= 11 is 0. The van der Waals surface area contributed by atoms with E-state index in [0.717, 1.165) is 32.4 Å². The van der Waals surface area contributed by atoms with Gasteiger partial charge < -0.3 is 9.64 Å². The lowest BCUT2D eigenvalue weighted by Gasteiger charge is -2.32. The number of carbonyl (C=O) groups is 1. The molecule has 3 heteroatoms. The zero-order chi connectivity index (χ0) is 18.4. The van der Waals surface area contributed by atoms with E-state index < -0.39 is 0 Å². The van der Waals surface area contributed by atoms with Crippen LogP contribution in [0.5, 0.6) is 5.75 Å². The minimum atomic E-state index is 0.0924. The highest BCUT2D eigenvalue weighted by Gasteiger charge is 2.24. The Balaban J connectivity index is 1.62. The third-order valence-corrected chi connectivity index (χ3v) is 5.06. The predicted molar refractivity (Wildman–Crippen MR) is 106 cm³/mol. The summed E-state index contributed by atoms with van der Waals surface area (Å²) in [4.78, 5) is 14.8. The molecule has 0 aliphatic carbocycles. The van der Waals surface area contributed by atoms with Crippen molar-refractivity contribution in [2.24, 2.45) is 0 Å².